The van der Waals surface area contributed by atoms with Crippen LogP contribution >= 0.6 is 12.9 Å². The van der Waals surface area contributed by atoms with Crippen LogP contribution in [0.15, 0.2) is 24.3 Å². The average Bonchev–Trinajstić information content (AvgIpc) is 2.16. The van der Waals surface area contributed by atoms with Gasteiger partial charge in [-0.1, -0.05) is 43.2 Å². The van der Waals surface area contributed by atoms with Crippen molar-refractivity contribution in [1.29, 1.82) is 0 Å². The maximum absolute atomic E-state index is 3.60. The molecule has 0 radical (unpaired) electrons. The van der Waals surface area contributed by atoms with E-state index in [4.69, 9.17) is 0 Å². The highest BCUT2D eigenvalue weighted by Gasteiger charge is 1.96. The number of rotatable bonds is 5. The second kappa shape index (κ2) is 6.85. The summed E-state index contributed by atoms with van der Waals surface area (Å²) in [4.78, 5) is 0. The van der Waals surface area contributed by atoms with Crippen LogP contribution in [0.4, 0.5) is 0 Å². The summed E-state index contributed by atoms with van der Waals surface area (Å²) in [6.07, 6.45) is 3.85. The molecular weight excluding hydrogens is 236 g/mol. The first-order valence-corrected chi connectivity index (χ1v) is 9.90. The van der Waals surface area contributed by atoms with Gasteiger partial charge >= 0.3 is 18.2 Å². The SMILES string of the molecule is CCCCc1cccc([CH2][Mg][Br])c1. The number of hydrogen-bond donors (Lipinski definition) is 0. The van der Waals surface area contributed by atoms with E-state index in [1.54, 1.807) is 0 Å². The minimum atomic E-state index is -0.00694. The van der Waals surface area contributed by atoms with Gasteiger partial charge in [0.05, 0.1) is 0 Å². The average molecular weight is 251 g/mol. The maximum Gasteiger partial charge on any atom is 0.473 e. The number of hydrogen-bond acceptors (Lipinski definition) is 0. The van der Waals surface area contributed by atoms with E-state index in [2.05, 4.69) is 44.1 Å². The summed E-state index contributed by atoms with van der Waals surface area (Å²) >= 11 is 3.60. The third-order valence-corrected chi connectivity index (χ3v) is 4.15. The molecule has 0 heterocycles. The molecule has 0 unspecified atom stereocenters. The van der Waals surface area contributed by atoms with Crippen LogP contribution in [0.1, 0.15) is 30.9 Å². The molecule has 0 aromatic heterocycles. The smallest absolute Gasteiger partial charge is 0.306 e. The standard InChI is InChI=1S/C11H15.BrH.Mg/c1-3-4-7-11-8-5-6-10(2)9-11;;/h5-6,8-9H,2-4,7H2,1H3;1H;/q;;+1/p-1. The lowest BCUT2D eigenvalue weighted by Crippen LogP contribution is -1.91. The van der Waals surface area contributed by atoms with Crippen LogP contribution < -0.4 is 0 Å². The molecule has 0 atom stereocenters. The molecular formula is C11H15BrMg. The van der Waals surface area contributed by atoms with E-state index >= 15 is 0 Å². The summed E-state index contributed by atoms with van der Waals surface area (Å²) in [6, 6.07) is 9.04. The van der Waals surface area contributed by atoms with Crippen LogP contribution in [-0.2, 0) is 11.0 Å². The van der Waals surface area contributed by atoms with E-state index in [1.807, 2.05) is 0 Å². The molecule has 0 aliphatic carbocycles. The summed E-state index contributed by atoms with van der Waals surface area (Å²) in [6.45, 7) is 2.25. The van der Waals surface area contributed by atoms with Crippen molar-refractivity contribution in [3.63, 3.8) is 0 Å². The number of halogens is 1. The Kier molecular flexibility index (Phi) is 6.08. The molecule has 0 spiro atoms. The Morgan fingerprint density at radius 3 is 2.77 bits per heavy atom. The van der Waals surface area contributed by atoms with Gasteiger partial charge in [-0.15, -0.1) is 4.55 Å². The molecule has 0 aliphatic rings. The lowest BCUT2D eigenvalue weighted by molar-refractivity contribution is 0.794. The van der Waals surface area contributed by atoms with E-state index in [-0.39, 0.29) is 18.2 Å². The van der Waals surface area contributed by atoms with E-state index in [0.717, 1.165) is 0 Å². The Hall–Kier alpha value is 0.466. The maximum atomic E-state index is 3.60. The van der Waals surface area contributed by atoms with Gasteiger partial charge in [-0.05, 0) is 18.4 Å². The summed E-state index contributed by atoms with van der Waals surface area (Å²) < 4.78 is 1.28. The topological polar surface area (TPSA) is 0 Å². The zero-order chi connectivity index (χ0) is 9.52. The Balaban J connectivity index is 2.56. The van der Waals surface area contributed by atoms with Crippen LogP contribution in [0.25, 0.3) is 0 Å². The van der Waals surface area contributed by atoms with Crippen molar-refractivity contribution in [2.24, 2.45) is 0 Å². The Morgan fingerprint density at radius 1 is 1.31 bits per heavy atom. The monoisotopic (exact) mass is 250 g/mol. The van der Waals surface area contributed by atoms with E-state index in [1.165, 1.54) is 34.9 Å². The van der Waals surface area contributed by atoms with Crippen LogP contribution in [-0.4, -0.2) is 18.2 Å². The van der Waals surface area contributed by atoms with E-state index in [0.29, 0.717) is 0 Å². The van der Waals surface area contributed by atoms with Crippen molar-refractivity contribution >= 4 is 31.1 Å². The van der Waals surface area contributed by atoms with Gasteiger partial charge in [-0.2, -0.15) is 0 Å². The molecule has 0 saturated heterocycles. The second-order valence-electron chi connectivity index (χ2n) is 3.36. The summed E-state index contributed by atoms with van der Waals surface area (Å²) in [7, 11) is 0. The van der Waals surface area contributed by atoms with Gasteiger partial charge in [0.2, 0.25) is 0 Å². The zero-order valence-corrected chi connectivity index (χ0v) is 11.2. The Morgan fingerprint density at radius 2 is 2.08 bits per heavy atom. The van der Waals surface area contributed by atoms with Gasteiger partial charge < -0.3 is 12.9 Å². The summed E-state index contributed by atoms with van der Waals surface area (Å²) in [5.41, 5.74) is 3.02. The molecule has 0 aliphatic heterocycles. The normalized spacial score (nSPS) is 9.69. The predicted molar refractivity (Wildman–Crippen MR) is 63.4 cm³/mol. The van der Waals surface area contributed by atoms with Crippen LogP contribution in [0.2, 0.25) is 0 Å². The molecule has 1 rings (SSSR count). The molecule has 0 bridgehead atoms. The van der Waals surface area contributed by atoms with Crippen molar-refractivity contribution in [1.82, 2.24) is 0 Å². The first-order chi connectivity index (χ1) is 6.36. The second-order valence-corrected chi connectivity index (χ2v) is 6.62. The number of aryl methyl sites for hydroxylation is 1. The molecule has 68 valence electrons. The molecule has 1 aromatic rings. The fourth-order valence-electron chi connectivity index (χ4n) is 1.43. The van der Waals surface area contributed by atoms with E-state index < -0.39 is 0 Å². The van der Waals surface area contributed by atoms with Crippen LogP contribution in [0, 0.1) is 0 Å². The zero-order valence-electron chi connectivity index (χ0n) is 8.22. The molecule has 0 fully saturated rings. The Labute approximate surface area is 96.7 Å². The third-order valence-electron chi connectivity index (χ3n) is 2.19. The van der Waals surface area contributed by atoms with Gasteiger partial charge in [-0.25, -0.2) is 0 Å². The van der Waals surface area contributed by atoms with Crippen molar-refractivity contribution in [3.05, 3.63) is 35.4 Å². The molecule has 2 heteroatoms. The van der Waals surface area contributed by atoms with Crippen molar-refractivity contribution in [3.8, 4) is 0 Å². The lowest BCUT2D eigenvalue weighted by Gasteiger charge is -2.02. The number of unbranched alkanes of at least 4 members (excludes halogenated alkanes) is 1. The van der Waals surface area contributed by atoms with Gasteiger partial charge in [0.15, 0.2) is 0 Å². The highest BCUT2D eigenvalue weighted by molar-refractivity contribution is 9.23. The highest BCUT2D eigenvalue weighted by Crippen LogP contribution is 2.09. The first-order valence-electron chi connectivity index (χ1n) is 5.00. The summed E-state index contributed by atoms with van der Waals surface area (Å²) in [5, 5.41) is 0. The molecule has 0 saturated carbocycles. The largest absolute Gasteiger partial charge is 0.473 e. The van der Waals surface area contributed by atoms with E-state index in [9.17, 15) is 0 Å². The van der Waals surface area contributed by atoms with Crippen molar-refractivity contribution in [2.45, 2.75) is 30.7 Å². The third kappa shape index (κ3) is 4.48. The molecule has 0 amide bonds. The van der Waals surface area contributed by atoms with Crippen molar-refractivity contribution in [2.75, 3.05) is 0 Å². The van der Waals surface area contributed by atoms with Crippen LogP contribution in [0.3, 0.4) is 0 Å². The summed E-state index contributed by atoms with van der Waals surface area (Å²) in [5.74, 6) is 0. The van der Waals surface area contributed by atoms with Crippen molar-refractivity contribution < 1.29 is 0 Å². The van der Waals surface area contributed by atoms with Gasteiger partial charge in [0.25, 0.3) is 0 Å². The number of benzene rings is 1. The fraction of sp³-hybridized carbons (Fsp3) is 0.455. The quantitative estimate of drug-likeness (QED) is 0.702. The van der Waals surface area contributed by atoms with Gasteiger partial charge in [-0.3, -0.25) is 0 Å². The Bertz CT molecular complexity index is 248. The highest BCUT2D eigenvalue weighted by atomic mass is 79.9. The molecule has 1 aromatic carbocycles. The minimum absolute atomic E-state index is 0.00694. The van der Waals surface area contributed by atoms with Crippen LogP contribution in [0.5, 0.6) is 0 Å². The molecule has 0 N–H and O–H groups in total. The first kappa shape index (κ1) is 11.5. The van der Waals surface area contributed by atoms with Gasteiger partial charge in [0.1, 0.15) is 0 Å². The minimum Gasteiger partial charge on any atom is -0.306 e. The fourth-order valence-corrected chi connectivity index (χ4v) is 3.33. The lowest BCUT2D eigenvalue weighted by atomic mass is 10.1. The molecule has 13 heavy (non-hydrogen) atoms. The van der Waals surface area contributed by atoms with Gasteiger partial charge in [0, 0.05) is 0 Å². The predicted octanol–water partition coefficient (Wildman–Crippen LogP) is 3.54. The molecule has 0 nitrogen and oxygen atoms in total.